The van der Waals surface area contributed by atoms with Crippen LogP contribution in [0.4, 0.5) is 5.82 Å². The number of benzene rings is 1. The van der Waals surface area contributed by atoms with Crippen LogP contribution in [0, 0.1) is 5.92 Å². The standard InChI is InChI=1S/C25H28N6O4/c26-23(32)17-6-10-30(11-7-17)22-13-18(5-8-27-22)24-28-25(35-29-24)19-2-1-9-31(19)14-16-3-4-20-21(12-16)34-15-33-20/h3-5,8,12-13,17,19H,1-2,6-7,9-11,14-15H2,(H2,26,32). The van der Waals surface area contributed by atoms with Crippen molar-refractivity contribution in [2.45, 2.75) is 38.3 Å². The summed E-state index contributed by atoms with van der Waals surface area (Å²) in [5.41, 5.74) is 7.50. The first-order valence-electron chi connectivity index (χ1n) is 12.1. The lowest BCUT2D eigenvalue weighted by atomic mass is 9.96. The molecular formula is C25H28N6O4. The minimum Gasteiger partial charge on any atom is -0.454 e. The van der Waals surface area contributed by atoms with Crippen molar-refractivity contribution in [3.63, 3.8) is 0 Å². The van der Waals surface area contributed by atoms with Gasteiger partial charge < -0.3 is 24.6 Å². The van der Waals surface area contributed by atoms with E-state index >= 15 is 0 Å². The predicted molar refractivity (Wildman–Crippen MR) is 127 cm³/mol. The summed E-state index contributed by atoms with van der Waals surface area (Å²) in [5, 5.41) is 4.28. The minimum absolute atomic E-state index is 0.0544. The number of carbonyl (C=O) groups excluding carboxylic acids is 1. The number of nitrogens with two attached hydrogens (primary N) is 1. The van der Waals surface area contributed by atoms with Gasteiger partial charge in [-0.05, 0) is 62.1 Å². The first-order chi connectivity index (χ1) is 17.1. The number of pyridine rings is 1. The lowest BCUT2D eigenvalue weighted by Gasteiger charge is -2.31. The number of amides is 1. The summed E-state index contributed by atoms with van der Waals surface area (Å²) in [6.07, 6.45) is 5.31. The van der Waals surface area contributed by atoms with Gasteiger partial charge in [-0.15, -0.1) is 0 Å². The number of hydrogen-bond donors (Lipinski definition) is 1. The lowest BCUT2D eigenvalue weighted by Crippen LogP contribution is -2.38. The molecule has 1 unspecified atom stereocenters. The lowest BCUT2D eigenvalue weighted by molar-refractivity contribution is -0.122. The molecule has 0 spiro atoms. The van der Waals surface area contributed by atoms with Gasteiger partial charge in [-0.25, -0.2) is 4.98 Å². The van der Waals surface area contributed by atoms with E-state index in [1.54, 1.807) is 6.20 Å². The van der Waals surface area contributed by atoms with Gasteiger partial charge in [0.15, 0.2) is 11.5 Å². The molecule has 1 atom stereocenters. The number of likely N-dealkylation sites (tertiary alicyclic amines) is 1. The number of carbonyl (C=O) groups is 1. The van der Waals surface area contributed by atoms with Crippen molar-refractivity contribution in [2.75, 3.05) is 31.3 Å². The van der Waals surface area contributed by atoms with Crippen LogP contribution < -0.4 is 20.1 Å². The largest absolute Gasteiger partial charge is 0.454 e. The van der Waals surface area contributed by atoms with Gasteiger partial charge in [0.05, 0.1) is 6.04 Å². The van der Waals surface area contributed by atoms with Crippen LogP contribution in [-0.4, -0.2) is 52.4 Å². The molecule has 3 aliphatic rings. The molecule has 35 heavy (non-hydrogen) atoms. The summed E-state index contributed by atoms with van der Waals surface area (Å²) in [7, 11) is 0. The summed E-state index contributed by atoms with van der Waals surface area (Å²) in [4.78, 5) is 25.3. The smallest absolute Gasteiger partial charge is 0.244 e. The quantitative estimate of drug-likeness (QED) is 0.572. The fraction of sp³-hybridized carbons (Fsp3) is 0.440. The van der Waals surface area contributed by atoms with E-state index in [9.17, 15) is 4.79 Å². The Kier molecular flexibility index (Phi) is 5.73. The molecule has 2 N–H and O–H groups in total. The maximum Gasteiger partial charge on any atom is 0.244 e. The summed E-state index contributed by atoms with van der Waals surface area (Å²) in [6, 6.07) is 10.0. The maximum atomic E-state index is 11.5. The minimum atomic E-state index is -0.217. The van der Waals surface area contributed by atoms with Crippen LogP contribution >= 0.6 is 0 Å². The fourth-order valence-electron chi connectivity index (χ4n) is 5.18. The molecular weight excluding hydrogens is 448 g/mol. The molecule has 3 aliphatic heterocycles. The Morgan fingerprint density at radius 2 is 1.91 bits per heavy atom. The van der Waals surface area contributed by atoms with Crippen LogP contribution in [0.5, 0.6) is 11.5 Å². The molecule has 1 aromatic carbocycles. The van der Waals surface area contributed by atoms with Crippen LogP contribution in [0.1, 0.15) is 43.2 Å². The van der Waals surface area contributed by atoms with Gasteiger partial charge in [-0.2, -0.15) is 4.98 Å². The van der Waals surface area contributed by atoms with Crippen molar-refractivity contribution in [3.8, 4) is 22.9 Å². The zero-order chi connectivity index (χ0) is 23.8. The van der Waals surface area contributed by atoms with Crippen molar-refractivity contribution in [1.82, 2.24) is 20.0 Å². The molecule has 0 radical (unpaired) electrons. The van der Waals surface area contributed by atoms with Crippen LogP contribution in [-0.2, 0) is 11.3 Å². The highest BCUT2D eigenvalue weighted by atomic mass is 16.7. The SMILES string of the molecule is NC(=O)C1CCN(c2cc(-c3noc(C4CCCN4Cc4ccc5c(c4)OCO5)n3)ccn2)CC1. The van der Waals surface area contributed by atoms with Crippen LogP contribution in [0.3, 0.4) is 0 Å². The predicted octanol–water partition coefficient (Wildman–Crippen LogP) is 2.90. The molecule has 0 bridgehead atoms. The van der Waals surface area contributed by atoms with Gasteiger partial charge in [-0.3, -0.25) is 9.69 Å². The number of anilines is 1. The van der Waals surface area contributed by atoms with Crippen LogP contribution in [0.25, 0.3) is 11.4 Å². The summed E-state index contributed by atoms with van der Waals surface area (Å²) in [5.74, 6) is 3.37. The highest BCUT2D eigenvalue weighted by molar-refractivity contribution is 5.77. The van der Waals surface area contributed by atoms with Gasteiger partial charge in [0.1, 0.15) is 5.82 Å². The van der Waals surface area contributed by atoms with Crippen LogP contribution in [0.2, 0.25) is 0 Å². The third-order valence-corrected chi connectivity index (χ3v) is 7.14. The highest BCUT2D eigenvalue weighted by Crippen LogP contribution is 2.36. The number of hydrogen-bond acceptors (Lipinski definition) is 9. The molecule has 0 saturated carbocycles. The number of ether oxygens (including phenoxy) is 2. The maximum absolute atomic E-state index is 11.5. The Hall–Kier alpha value is -3.66. The Morgan fingerprint density at radius 1 is 1.06 bits per heavy atom. The van der Waals surface area contributed by atoms with Crippen molar-refractivity contribution in [1.29, 1.82) is 0 Å². The van der Waals surface area contributed by atoms with E-state index < -0.39 is 0 Å². The normalized spacial score (nSPS) is 20.5. The zero-order valence-electron chi connectivity index (χ0n) is 19.4. The summed E-state index contributed by atoms with van der Waals surface area (Å²) >= 11 is 0. The van der Waals surface area contributed by atoms with E-state index in [0.717, 1.165) is 74.7 Å². The van der Waals surface area contributed by atoms with Gasteiger partial charge in [0.25, 0.3) is 0 Å². The first kappa shape index (κ1) is 21.8. The molecule has 10 nitrogen and oxygen atoms in total. The third kappa shape index (κ3) is 4.41. The molecule has 0 aliphatic carbocycles. The van der Waals surface area contributed by atoms with E-state index in [0.29, 0.717) is 11.7 Å². The second kappa shape index (κ2) is 9.18. The zero-order valence-corrected chi connectivity index (χ0v) is 19.4. The average Bonchev–Trinajstić information content (AvgIpc) is 3.65. The molecule has 5 heterocycles. The van der Waals surface area contributed by atoms with E-state index in [4.69, 9.17) is 24.7 Å². The average molecular weight is 477 g/mol. The number of piperidine rings is 1. The Morgan fingerprint density at radius 3 is 2.77 bits per heavy atom. The molecule has 2 saturated heterocycles. The van der Waals surface area contributed by atoms with Gasteiger partial charge in [0.2, 0.25) is 24.4 Å². The Bertz CT molecular complexity index is 1220. The fourth-order valence-corrected chi connectivity index (χ4v) is 5.18. The molecule has 2 aromatic heterocycles. The van der Waals surface area contributed by atoms with Crippen molar-refractivity contribution < 1.29 is 18.8 Å². The van der Waals surface area contributed by atoms with Crippen molar-refractivity contribution in [3.05, 3.63) is 48.0 Å². The van der Waals surface area contributed by atoms with E-state index in [1.807, 2.05) is 24.3 Å². The number of aromatic nitrogens is 3. The first-order valence-corrected chi connectivity index (χ1v) is 12.1. The van der Waals surface area contributed by atoms with E-state index in [-0.39, 0.29) is 24.7 Å². The third-order valence-electron chi connectivity index (χ3n) is 7.14. The van der Waals surface area contributed by atoms with Crippen molar-refractivity contribution >= 4 is 11.7 Å². The Labute approximate surface area is 203 Å². The van der Waals surface area contributed by atoms with Gasteiger partial charge in [-0.1, -0.05) is 11.2 Å². The molecule has 2 fully saturated rings. The number of nitrogens with zero attached hydrogens (tertiary/aromatic N) is 5. The number of fused-ring (bicyclic) bond motifs is 1. The molecule has 10 heteroatoms. The summed E-state index contributed by atoms with van der Waals surface area (Å²) < 4.78 is 16.7. The molecule has 6 rings (SSSR count). The number of rotatable bonds is 6. The van der Waals surface area contributed by atoms with Crippen LogP contribution in [0.15, 0.2) is 41.1 Å². The highest BCUT2D eigenvalue weighted by Gasteiger charge is 2.31. The van der Waals surface area contributed by atoms with Gasteiger partial charge >= 0.3 is 0 Å². The second-order valence-electron chi connectivity index (χ2n) is 9.34. The van der Waals surface area contributed by atoms with E-state index in [1.165, 1.54) is 5.56 Å². The second-order valence-corrected chi connectivity index (χ2v) is 9.34. The van der Waals surface area contributed by atoms with Crippen molar-refractivity contribution in [2.24, 2.45) is 11.7 Å². The molecule has 3 aromatic rings. The van der Waals surface area contributed by atoms with E-state index in [2.05, 4.69) is 26.0 Å². The molecule has 1 amide bonds. The Balaban J connectivity index is 1.15. The summed E-state index contributed by atoms with van der Waals surface area (Å²) in [6.45, 7) is 3.52. The molecule has 182 valence electrons. The van der Waals surface area contributed by atoms with Gasteiger partial charge in [0, 0.05) is 37.3 Å². The number of primary amides is 1. The topological polar surface area (TPSA) is 120 Å². The monoisotopic (exact) mass is 476 g/mol.